The molecule has 2 aliphatic heterocycles. The van der Waals surface area contributed by atoms with Crippen LogP contribution in [-0.2, 0) is 6.18 Å². The Hall–Kier alpha value is -2.88. The monoisotopic (exact) mass is 379 g/mol. The van der Waals surface area contributed by atoms with Gasteiger partial charge < -0.3 is 9.80 Å². The Bertz CT molecular complexity index is 858. The quantitative estimate of drug-likeness (QED) is 0.628. The molecule has 4 rings (SSSR count). The summed E-state index contributed by atoms with van der Waals surface area (Å²) in [4.78, 5) is 23.4. The van der Waals surface area contributed by atoms with Crippen molar-refractivity contribution in [1.29, 1.82) is 0 Å². The van der Waals surface area contributed by atoms with Crippen LogP contribution < -0.4 is 15.3 Å². The Morgan fingerprint density at radius 3 is 2.33 bits per heavy atom. The molecule has 2 atom stereocenters. The third-order valence-corrected chi connectivity index (χ3v) is 5.02. The van der Waals surface area contributed by atoms with Gasteiger partial charge >= 0.3 is 6.18 Å². The number of hydroxylamine groups is 1. The Morgan fingerprint density at radius 2 is 1.74 bits per heavy atom. The zero-order valence-electron chi connectivity index (χ0n) is 14.0. The van der Waals surface area contributed by atoms with Crippen molar-refractivity contribution in [3.63, 3.8) is 0 Å². The lowest BCUT2D eigenvalue weighted by molar-refractivity contribution is -0.137. The minimum absolute atomic E-state index is 0.00573. The molecule has 0 spiro atoms. The summed E-state index contributed by atoms with van der Waals surface area (Å²) >= 11 is 0. The second kappa shape index (κ2) is 6.38. The molecule has 0 saturated carbocycles. The molecule has 3 heterocycles. The van der Waals surface area contributed by atoms with Crippen LogP contribution in [0, 0.1) is 0 Å². The van der Waals surface area contributed by atoms with Crippen molar-refractivity contribution in [2.24, 2.45) is 0 Å². The van der Waals surface area contributed by atoms with E-state index < -0.39 is 17.6 Å². The highest BCUT2D eigenvalue weighted by atomic mass is 19.4. The normalized spacial score (nSPS) is 21.6. The molecule has 10 heteroatoms. The van der Waals surface area contributed by atoms with Crippen LogP contribution in [0.3, 0.4) is 0 Å². The van der Waals surface area contributed by atoms with Crippen LogP contribution in [0.4, 0.5) is 24.8 Å². The molecule has 1 amide bonds. The van der Waals surface area contributed by atoms with E-state index >= 15 is 0 Å². The van der Waals surface area contributed by atoms with Gasteiger partial charge in [0.1, 0.15) is 0 Å². The number of carbonyl (C=O) groups is 1. The van der Waals surface area contributed by atoms with E-state index in [1.807, 2.05) is 4.90 Å². The summed E-state index contributed by atoms with van der Waals surface area (Å²) in [5, 5.41) is 8.62. The summed E-state index contributed by atoms with van der Waals surface area (Å²) in [5.41, 5.74) is 1.20. The van der Waals surface area contributed by atoms with Crippen molar-refractivity contribution in [2.45, 2.75) is 24.7 Å². The first-order chi connectivity index (χ1) is 12.9. The predicted molar refractivity (Wildman–Crippen MR) is 89.6 cm³/mol. The Balaban J connectivity index is 1.53. The number of hydrogen-bond acceptors (Lipinski definition) is 6. The number of nitrogens with zero attached hydrogens (tertiary/aromatic N) is 4. The predicted octanol–water partition coefficient (Wildman–Crippen LogP) is 2.08. The third-order valence-electron chi connectivity index (χ3n) is 5.02. The van der Waals surface area contributed by atoms with Gasteiger partial charge in [-0.3, -0.25) is 10.0 Å². The molecule has 2 aliphatic rings. The summed E-state index contributed by atoms with van der Waals surface area (Å²) < 4.78 is 39.9. The van der Waals surface area contributed by atoms with E-state index in [-0.39, 0.29) is 23.3 Å². The average molecular weight is 379 g/mol. The van der Waals surface area contributed by atoms with Gasteiger partial charge in [0, 0.05) is 37.2 Å². The van der Waals surface area contributed by atoms with E-state index in [1.54, 1.807) is 11.0 Å². The minimum atomic E-state index is -4.40. The number of amides is 1. The Morgan fingerprint density at radius 1 is 1.11 bits per heavy atom. The highest BCUT2D eigenvalue weighted by Crippen LogP contribution is 2.42. The molecule has 2 fully saturated rings. The van der Waals surface area contributed by atoms with Gasteiger partial charge in [-0.05, 0) is 18.6 Å². The molecule has 2 N–H and O–H groups in total. The molecule has 2 saturated heterocycles. The van der Waals surface area contributed by atoms with Crippen molar-refractivity contribution >= 4 is 17.5 Å². The van der Waals surface area contributed by atoms with E-state index in [9.17, 15) is 18.0 Å². The number of benzene rings is 1. The van der Waals surface area contributed by atoms with Gasteiger partial charge in [0.25, 0.3) is 5.91 Å². The van der Waals surface area contributed by atoms with Crippen molar-refractivity contribution in [1.82, 2.24) is 15.4 Å². The number of halogens is 3. The van der Waals surface area contributed by atoms with Crippen molar-refractivity contribution in [3.8, 4) is 0 Å². The molecule has 7 nitrogen and oxygen atoms in total. The molecule has 0 unspecified atom stereocenters. The van der Waals surface area contributed by atoms with Gasteiger partial charge in [-0.15, -0.1) is 0 Å². The summed E-state index contributed by atoms with van der Waals surface area (Å²) in [6.07, 6.45) is -1.08. The van der Waals surface area contributed by atoms with Gasteiger partial charge in [-0.1, -0.05) is 12.1 Å². The smallest absolute Gasteiger partial charge is 0.364 e. The Labute approximate surface area is 152 Å². The second-order valence-corrected chi connectivity index (χ2v) is 6.58. The number of hydrogen-bond donors (Lipinski definition) is 2. The molecule has 1 aromatic carbocycles. The topological polar surface area (TPSA) is 81.6 Å². The van der Waals surface area contributed by atoms with Crippen LogP contribution >= 0.6 is 0 Å². The first-order valence-corrected chi connectivity index (χ1v) is 8.34. The Kier molecular flexibility index (Phi) is 4.14. The number of aromatic nitrogens is 2. The summed E-state index contributed by atoms with van der Waals surface area (Å²) in [7, 11) is 0. The highest BCUT2D eigenvalue weighted by Gasteiger charge is 2.46. The number of anilines is 2. The number of rotatable bonds is 3. The van der Waals surface area contributed by atoms with E-state index in [1.165, 1.54) is 30.0 Å². The van der Waals surface area contributed by atoms with E-state index in [2.05, 4.69) is 9.97 Å². The van der Waals surface area contributed by atoms with Gasteiger partial charge in [-0.2, -0.15) is 13.2 Å². The van der Waals surface area contributed by atoms with Crippen LogP contribution in [0.5, 0.6) is 0 Å². The maximum atomic E-state index is 13.3. The summed E-state index contributed by atoms with van der Waals surface area (Å²) in [6, 6.07) is 5.55. The van der Waals surface area contributed by atoms with Crippen LogP contribution in [0.1, 0.15) is 22.3 Å². The first kappa shape index (κ1) is 17.5. The molecule has 27 heavy (non-hydrogen) atoms. The van der Waals surface area contributed by atoms with Crippen LogP contribution in [0.15, 0.2) is 36.7 Å². The maximum Gasteiger partial charge on any atom is 0.418 e. The number of para-hydroxylation sites is 1. The largest absolute Gasteiger partial charge is 0.418 e. The van der Waals surface area contributed by atoms with Crippen molar-refractivity contribution < 1.29 is 23.2 Å². The summed E-state index contributed by atoms with van der Waals surface area (Å²) in [6.45, 7) is 0.947. The standard InChI is InChI=1S/C17H16F3N5O2/c18-17(19,20)13-3-1-2-4-14(13)24-8-12-5-11(24)9-25(12)16-21-6-10(7-22-16)15(26)23-27/h1-4,6-7,11-12,27H,5,8-9H2,(H,23,26)/t11-,12-/m1/s1. The lowest BCUT2D eigenvalue weighted by atomic mass is 10.1. The molecule has 0 radical (unpaired) electrons. The van der Waals surface area contributed by atoms with Gasteiger partial charge in [-0.25, -0.2) is 15.4 Å². The summed E-state index contributed by atoms with van der Waals surface area (Å²) in [5.74, 6) is -0.292. The fraction of sp³-hybridized carbons (Fsp3) is 0.353. The van der Waals surface area contributed by atoms with E-state index in [4.69, 9.17) is 5.21 Å². The molecule has 0 aliphatic carbocycles. The number of piperazine rings is 1. The molecule has 2 aromatic rings. The minimum Gasteiger partial charge on any atom is -0.364 e. The van der Waals surface area contributed by atoms with Gasteiger partial charge in [0.05, 0.1) is 17.2 Å². The van der Waals surface area contributed by atoms with E-state index in [0.29, 0.717) is 25.5 Å². The number of nitrogens with one attached hydrogen (secondary N) is 1. The number of carbonyl (C=O) groups excluding carboxylic acids is 1. The van der Waals surface area contributed by atoms with Crippen molar-refractivity contribution in [2.75, 3.05) is 22.9 Å². The molecule has 1 aromatic heterocycles. The van der Waals surface area contributed by atoms with Crippen LogP contribution in [0.25, 0.3) is 0 Å². The molecular formula is C17H16F3N5O2. The fourth-order valence-corrected chi connectivity index (χ4v) is 3.82. The second-order valence-electron chi connectivity index (χ2n) is 6.58. The highest BCUT2D eigenvalue weighted by molar-refractivity contribution is 5.92. The lowest BCUT2D eigenvalue weighted by Gasteiger charge is -2.36. The van der Waals surface area contributed by atoms with Gasteiger partial charge in [0.2, 0.25) is 5.95 Å². The lowest BCUT2D eigenvalue weighted by Crippen LogP contribution is -2.47. The molecule has 2 bridgehead atoms. The fourth-order valence-electron chi connectivity index (χ4n) is 3.82. The van der Waals surface area contributed by atoms with E-state index in [0.717, 1.165) is 6.07 Å². The van der Waals surface area contributed by atoms with Gasteiger partial charge in [0.15, 0.2) is 0 Å². The zero-order valence-corrected chi connectivity index (χ0v) is 14.0. The first-order valence-electron chi connectivity index (χ1n) is 8.34. The molecular weight excluding hydrogens is 363 g/mol. The SMILES string of the molecule is O=C(NO)c1cnc(N2C[C@H]3C[C@@H]2CN3c2ccccc2C(F)(F)F)nc1. The molecule has 142 valence electrons. The zero-order chi connectivity index (χ0) is 19.2. The van der Waals surface area contributed by atoms with Crippen molar-refractivity contribution in [3.05, 3.63) is 47.8 Å². The number of fused-ring (bicyclic) bond motifs is 2. The third kappa shape index (κ3) is 3.05. The average Bonchev–Trinajstić information content (AvgIpc) is 3.27. The van der Waals surface area contributed by atoms with Crippen LogP contribution in [0.2, 0.25) is 0 Å². The number of alkyl halides is 3. The van der Waals surface area contributed by atoms with Crippen LogP contribution in [-0.4, -0.2) is 46.3 Å². The maximum absolute atomic E-state index is 13.3.